The molecule has 0 unspecified atom stereocenters. The standard InChI is InChI=1S/C18H17N3O4/c22-14-3-1-12(2-4-14)5-7-21-8-6-13-9-15(19-10-16(13)21)18(25)20-11-17(23)24/h1-4,6,8-10,22H,5,7,11H2,(H,20,25)(H,23,24). The minimum absolute atomic E-state index is 0.185. The number of carbonyl (C=O) groups excluding carboxylic acids is 1. The summed E-state index contributed by atoms with van der Waals surface area (Å²) in [6, 6.07) is 10.6. The molecule has 128 valence electrons. The highest BCUT2D eigenvalue weighted by atomic mass is 16.4. The smallest absolute Gasteiger partial charge is 0.322 e. The monoisotopic (exact) mass is 339 g/mol. The van der Waals surface area contributed by atoms with Gasteiger partial charge in [-0.2, -0.15) is 0 Å². The number of carbonyl (C=O) groups is 2. The van der Waals surface area contributed by atoms with Gasteiger partial charge in [0, 0.05) is 18.1 Å². The third-order valence-electron chi connectivity index (χ3n) is 3.87. The van der Waals surface area contributed by atoms with E-state index in [0.717, 1.165) is 29.4 Å². The van der Waals surface area contributed by atoms with E-state index in [1.54, 1.807) is 24.4 Å². The summed E-state index contributed by atoms with van der Waals surface area (Å²) in [7, 11) is 0. The van der Waals surface area contributed by atoms with Crippen LogP contribution in [0.4, 0.5) is 0 Å². The number of benzene rings is 1. The fourth-order valence-corrected chi connectivity index (χ4v) is 2.57. The molecule has 0 fully saturated rings. The fourth-order valence-electron chi connectivity index (χ4n) is 2.57. The molecule has 3 N–H and O–H groups in total. The van der Waals surface area contributed by atoms with Crippen LogP contribution in [0, 0.1) is 0 Å². The number of pyridine rings is 1. The fraction of sp³-hybridized carbons (Fsp3) is 0.167. The summed E-state index contributed by atoms with van der Waals surface area (Å²) < 4.78 is 2.04. The molecule has 2 aromatic heterocycles. The van der Waals surface area contributed by atoms with E-state index in [1.165, 1.54) is 0 Å². The lowest BCUT2D eigenvalue weighted by Crippen LogP contribution is -2.29. The molecule has 0 saturated carbocycles. The van der Waals surface area contributed by atoms with E-state index in [9.17, 15) is 14.7 Å². The maximum absolute atomic E-state index is 11.9. The van der Waals surface area contributed by atoms with Crippen LogP contribution < -0.4 is 5.32 Å². The second-order valence-electron chi connectivity index (χ2n) is 5.63. The average molecular weight is 339 g/mol. The van der Waals surface area contributed by atoms with Crippen molar-refractivity contribution in [3.63, 3.8) is 0 Å². The second-order valence-corrected chi connectivity index (χ2v) is 5.63. The molecule has 0 atom stereocenters. The first kappa shape index (κ1) is 16.5. The molecule has 0 radical (unpaired) electrons. The highest BCUT2D eigenvalue weighted by Gasteiger charge is 2.11. The molecule has 25 heavy (non-hydrogen) atoms. The summed E-state index contributed by atoms with van der Waals surface area (Å²) in [6.07, 6.45) is 4.33. The Morgan fingerprint density at radius 2 is 1.92 bits per heavy atom. The molecular formula is C18H17N3O4. The van der Waals surface area contributed by atoms with Crippen LogP contribution in [0.15, 0.2) is 48.8 Å². The summed E-state index contributed by atoms with van der Waals surface area (Å²) in [4.78, 5) is 26.5. The Morgan fingerprint density at radius 1 is 1.16 bits per heavy atom. The Bertz CT molecular complexity index is 916. The number of aliphatic carboxylic acids is 1. The highest BCUT2D eigenvalue weighted by Crippen LogP contribution is 2.17. The summed E-state index contributed by atoms with van der Waals surface area (Å²) in [5.74, 6) is -1.37. The van der Waals surface area contributed by atoms with Gasteiger partial charge in [0.25, 0.3) is 5.91 Å². The second kappa shape index (κ2) is 7.04. The van der Waals surface area contributed by atoms with Crippen molar-refractivity contribution < 1.29 is 19.8 Å². The normalized spacial score (nSPS) is 10.7. The van der Waals surface area contributed by atoms with E-state index in [-0.39, 0.29) is 11.4 Å². The van der Waals surface area contributed by atoms with Crippen LogP contribution in [0.3, 0.4) is 0 Å². The van der Waals surface area contributed by atoms with E-state index < -0.39 is 18.4 Å². The van der Waals surface area contributed by atoms with Gasteiger partial charge in [-0.1, -0.05) is 12.1 Å². The molecule has 0 aliphatic heterocycles. The van der Waals surface area contributed by atoms with Gasteiger partial charge in [-0.05, 0) is 36.2 Å². The molecule has 1 aromatic carbocycles. The third-order valence-corrected chi connectivity index (χ3v) is 3.87. The van der Waals surface area contributed by atoms with Crippen LogP contribution >= 0.6 is 0 Å². The molecule has 3 aromatic rings. The van der Waals surface area contributed by atoms with E-state index in [0.29, 0.717) is 0 Å². The Hall–Kier alpha value is -3.35. The number of aromatic hydroxyl groups is 1. The lowest BCUT2D eigenvalue weighted by Gasteiger charge is -2.07. The quantitative estimate of drug-likeness (QED) is 0.635. The number of carboxylic acids is 1. The van der Waals surface area contributed by atoms with E-state index in [1.807, 2.05) is 29.0 Å². The van der Waals surface area contributed by atoms with Gasteiger partial charge in [0.1, 0.15) is 18.0 Å². The number of carboxylic acid groups (broad SMARTS) is 1. The Labute approximate surface area is 143 Å². The topological polar surface area (TPSA) is 104 Å². The van der Waals surface area contributed by atoms with E-state index in [2.05, 4.69) is 10.3 Å². The van der Waals surface area contributed by atoms with Crippen molar-refractivity contribution in [3.8, 4) is 5.75 Å². The lowest BCUT2D eigenvalue weighted by molar-refractivity contribution is -0.135. The SMILES string of the molecule is O=C(O)CNC(=O)c1cc2ccn(CCc3ccc(O)cc3)c2cn1. The minimum Gasteiger partial charge on any atom is -0.508 e. The van der Waals surface area contributed by atoms with Crippen LogP contribution in [0.5, 0.6) is 5.75 Å². The summed E-state index contributed by atoms with van der Waals surface area (Å²) in [6.45, 7) is 0.298. The van der Waals surface area contributed by atoms with Gasteiger partial charge < -0.3 is 20.1 Å². The first-order valence-electron chi connectivity index (χ1n) is 7.76. The van der Waals surface area contributed by atoms with Crippen LogP contribution in [-0.4, -0.2) is 38.2 Å². The van der Waals surface area contributed by atoms with E-state index in [4.69, 9.17) is 5.11 Å². The predicted octanol–water partition coefficient (Wildman–Crippen LogP) is 1.80. The van der Waals surface area contributed by atoms with Crippen molar-refractivity contribution >= 4 is 22.8 Å². The van der Waals surface area contributed by atoms with Gasteiger partial charge in [-0.15, -0.1) is 0 Å². The number of phenols is 1. The Kier molecular flexibility index (Phi) is 4.65. The maximum atomic E-state index is 11.9. The first-order valence-corrected chi connectivity index (χ1v) is 7.76. The largest absolute Gasteiger partial charge is 0.508 e. The van der Waals surface area contributed by atoms with Crippen LogP contribution in [0.1, 0.15) is 16.1 Å². The zero-order chi connectivity index (χ0) is 17.8. The molecule has 0 bridgehead atoms. The van der Waals surface area contributed by atoms with Gasteiger partial charge in [-0.3, -0.25) is 9.59 Å². The number of fused-ring (bicyclic) bond motifs is 1. The van der Waals surface area contributed by atoms with Gasteiger partial charge in [-0.25, -0.2) is 4.98 Å². The summed E-state index contributed by atoms with van der Waals surface area (Å²) in [5, 5.41) is 21.1. The van der Waals surface area contributed by atoms with Crippen molar-refractivity contribution in [3.05, 3.63) is 60.0 Å². The van der Waals surface area contributed by atoms with Crippen molar-refractivity contribution in [1.29, 1.82) is 0 Å². The Morgan fingerprint density at radius 3 is 2.64 bits per heavy atom. The van der Waals surface area contributed by atoms with Gasteiger partial charge in [0.05, 0.1) is 11.7 Å². The number of hydrogen-bond donors (Lipinski definition) is 3. The zero-order valence-corrected chi connectivity index (χ0v) is 13.3. The molecule has 1 amide bonds. The molecule has 0 saturated heterocycles. The number of nitrogens with one attached hydrogen (secondary N) is 1. The summed E-state index contributed by atoms with van der Waals surface area (Å²) in [5.41, 5.74) is 2.19. The minimum atomic E-state index is -1.10. The molecule has 7 nitrogen and oxygen atoms in total. The van der Waals surface area contributed by atoms with Crippen molar-refractivity contribution in [2.45, 2.75) is 13.0 Å². The number of aryl methyl sites for hydroxylation is 2. The molecule has 0 aliphatic rings. The number of rotatable bonds is 6. The first-order chi connectivity index (χ1) is 12.0. The third kappa shape index (κ3) is 3.95. The number of amides is 1. The average Bonchev–Trinajstić information content (AvgIpc) is 3.01. The van der Waals surface area contributed by atoms with E-state index >= 15 is 0 Å². The highest BCUT2D eigenvalue weighted by molar-refractivity contribution is 5.97. The number of phenolic OH excluding ortho intramolecular Hbond substituents is 1. The molecule has 3 rings (SSSR count). The van der Waals surface area contributed by atoms with Crippen LogP contribution in [-0.2, 0) is 17.8 Å². The maximum Gasteiger partial charge on any atom is 0.322 e. The zero-order valence-electron chi connectivity index (χ0n) is 13.3. The molecule has 7 heteroatoms. The van der Waals surface area contributed by atoms with Gasteiger partial charge >= 0.3 is 5.97 Å². The molecule has 0 aliphatic carbocycles. The number of aromatic nitrogens is 2. The predicted molar refractivity (Wildman–Crippen MR) is 91.5 cm³/mol. The summed E-state index contributed by atoms with van der Waals surface area (Å²) >= 11 is 0. The number of nitrogens with zero attached hydrogens (tertiary/aromatic N) is 2. The van der Waals surface area contributed by atoms with Crippen LogP contribution in [0.25, 0.3) is 10.9 Å². The van der Waals surface area contributed by atoms with Gasteiger partial charge in [0.2, 0.25) is 0 Å². The number of hydrogen-bond acceptors (Lipinski definition) is 4. The molecular weight excluding hydrogens is 322 g/mol. The molecule has 0 spiro atoms. The van der Waals surface area contributed by atoms with Crippen molar-refractivity contribution in [1.82, 2.24) is 14.9 Å². The van der Waals surface area contributed by atoms with Crippen molar-refractivity contribution in [2.24, 2.45) is 0 Å². The van der Waals surface area contributed by atoms with Gasteiger partial charge in [0.15, 0.2) is 0 Å². The molecule has 2 heterocycles. The Balaban J connectivity index is 1.72. The lowest BCUT2D eigenvalue weighted by atomic mass is 10.1. The van der Waals surface area contributed by atoms with Crippen LogP contribution in [0.2, 0.25) is 0 Å². The van der Waals surface area contributed by atoms with Crippen molar-refractivity contribution in [2.75, 3.05) is 6.54 Å².